The number of carbonyl (C=O) groups excluding carboxylic acids is 1. The van der Waals surface area contributed by atoms with Crippen LogP contribution in [0.25, 0.3) is 0 Å². The molecule has 0 saturated carbocycles. The number of rotatable bonds is 10. The zero-order chi connectivity index (χ0) is 20.1. The third kappa shape index (κ3) is 19.3. The minimum atomic E-state index is -6.00. The number of nitrogens with one attached hydrogen (secondary N) is 1. The fraction of sp³-hybridized carbons (Fsp3) is 0.917. The van der Waals surface area contributed by atoms with E-state index >= 15 is 0 Å². The van der Waals surface area contributed by atoms with Crippen molar-refractivity contribution in [1.29, 1.82) is 0 Å². The highest BCUT2D eigenvalue weighted by molar-refractivity contribution is 6.60. The van der Waals surface area contributed by atoms with Crippen molar-refractivity contribution in [3.63, 3.8) is 0 Å². The molecule has 0 heterocycles. The van der Waals surface area contributed by atoms with E-state index in [4.69, 9.17) is 18.0 Å². The average Bonchev–Trinajstić information content (AvgIpc) is 2.45. The first-order chi connectivity index (χ1) is 11.3. The Kier molecular flexibility index (Phi) is 13.1. The number of alkyl carbamates (subject to hydrolysis) is 1. The van der Waals surface area contributed by atoms with E-state index in [-0.39, 0.29) is 0 Å². The van der Waals surface area contributed by atoms with Gasteiger partial charge in [-0.05, 0) is 6.42 Å². The Bertz CT molecular complexity index is 354. The number of halogens is 4. The van der Waals surface area contributed by atoms with Gasteiger partial charge in [0.25, 0.3) is 0 Å². The van der Waals surface area contributed by atoms with Crippen molar-refractivity contribution < 1.29 is 44.6 Å². The van der Waals surface area contributed by atoms with Gasteiger partial charge in [-0.25, -0.2) is 4.79 Å². The van der Waals surface area contributed by atoms with Gasteiger partial charge in [0.15, 0.2) is 0 Å². The zero-order valence-electron chi connectivity index (χ0n) is 15.6. The monoisotopic (exact) mass is 396 g/mol. The van der Waals surface area contributed by atoms with E-state index in [1.165, 1.54) is 0 Å². The Hall–Kier alpha value is -0.888. The Morgan fingerprint density at radius 3 is 1.84 bits per heavy atom. The molecule has 13 heteroatoms. The van der Waals surface area contributed by atoms with Crippen LogP contribution in [0, 0.1) is 0 Å². The largest absolute Gasteiger partial charge is 0.673 e. The van der Waals surface area contributed by atoms with Crippen LogP contribution in [0.4, 0.5) is 22.1 Å². The summed E-state index contributed by atoms with van der Waals surface area (Å²) in [5, 5.41) is 2.70. The topological polar surface area (TPSA) is 66.0 Å². The van der Waals surface area contributed by atoms with Crippen molar-refractivity contribution in [1.82, 2.24) is 5.32 Å². The molecule has 0 rings (SSSR count). The van der Waals surface area contributed by atoms with Gasteiger partial charge in [-0.2, -0.15) is 0 Å². The molecular weight excluding hydrogens is 367 g/mol. The molecule has 0 aliphatic rings. The third-order valence-electron chi connectivity index (χ3n) is 2.86. The number of carbonyl (C=O) groups is 1. The Balaban J connectivity index is 0. The molecule has 0 aromatic carbocycles. The van der Waals surface area contributed by atoms with Crippen LogP contribution in [0.2, 0.25) is 6.04 Å². The van der Waals surface area contributed by atoms with E-state index in [9.17, 15) is 22.1 Å². The van der Waals surface area contributed by atoms with Crippen molar-refractivity contribution in [3.8, 4) is 0 Å². The Labute approximate surface area is 147 Å². The highest BCUT2D eigenvalue weighted by atomic mass is 28.4. The van der Waals surface area contributed by atoms with Crippen molar-refractivity contribution >= 4 is 22.2 Å². The summed E-state index contributed by atoms with van der Waals surface area (Å²) in [6.45, 7) is 1.69. The SMILES string of the molecule is CO[Si](CCCNC(=O)OCC[N+](C)(C)C)(OC)OC.F[B-](F)(F)F. The van der Waals surface area contributed by atoms with Gasteiger partial charge in [-0.15, -0.1) is 0 Å². The normalized spacial score (nSPS) is 12.2. The maximum atomic E-state index is 11.4. The maximum Gasteiger partial charge on any atom is 0.673 e. The highest BCUT2D eigenvalue weighted by Gasteiger charge is 2.36. The number of quaternary nitrogens is 1. The van der Waals surface area contributed by atoms with E-state index in [2.05, 4.69) is 5.32 Å². The molecule has 0 spiro atoms. The predicted molar refractivity (Wildman–Crippen MR) is 88.6 cm³/mol. The van der Waals surface area contributed by atoms with Crippen molar-refractivity contribution in [2.75, 3.05) is 62.2 Å². The minimum Gasteiger partial charge on any atom is -0.444 e. The molecule has 0 aliphatic carbocycles. The van der Waals surface area contributed by atoms with Crippen molar-refractivity contribution in [2.45, 2.75) is 12.5 Å². The van der Waals surface area contributed by atoms with Crippen LogP contribution in [-0.2, 0) is 18.0 Å². The number of likely N-dealkylation sites (N-methyl/N-ethyl adjacent to an activating group) is 1. The molecule has 0 bridgehead atoms. The maximum absolute atomic E-state index is 11.4. The fourth-order valence-corrected chi connectivity index (χ4v) is 3.24. The van der Waals surface area contributed by atoms with Gasteiger partial charge in [-0.3, -0.25) is 0 Å². The fourth-order valence-electron chi connectivity index (χ4n) is 1.51. The molecule has 152 valence electrons. The summed E-state index contributed by atoms with van der Waals surface area (Å²) in [5.41, 5.74) is 0. The average molecular weight is 396 g/mol. The quantitative estimate of drug-likeness (QED) is 0.265. The van der Waals surface area contributed by atoms with Crippen LogP contribution >= 0.6 is 0 Å². The standard InChI is InChI=1S/C12H28N2O5Si.BF4/c1-14(2,3)9-10-19-12(15)13-8-7-11-20(16-4,17-5)18-6;2-1(3,4)5/h7-11H2,1-6H3;/q;-1/p+1. The van der Waals surface area contributed by atoms with Crippen molar-refractivity contribution in [3.05, 3.63) is 0 Å². The van der Waals surface area contributed by atoms with Crippen LogP contribution in [0.5, 0.6) is 0 Å². The Morgan fingerprint density at radius 1 is 1.04 bits per heavy atom. The van der Waals surface area contributed by atoms with Crippen LogP contribution in [0.15, 0.2) is 0 Å². The summed E-state index contributed by atoms with van der Waals surface area (Å²) < 4.78 is 60.7. The summed E-state index contributed by atoms with van der Waals surface area (Å²) in [6.07, 6.45) is 0.324. The molecule has 0 atom stereocenters. The zero-order valence-corrected chi connectivity index (χ0v) is 16.6. The smallest absolute Gasteiger partial charge is 0.444 e. The minimum absolute atomic E-state index is 0.391. The van der Waals surface area contributed by atoms with Gasteiger partial charge in [0.2, 0.25) is 0 Å². The van der Waals surface area contributed by atoms with E-state index in [1.54, 1.807) is 21.3 Å². The van der Waals surface area contributed by atoms with Crippen LogP contribution < -0.4 is 5.32 Å². The summed E-state index contributed by atoms with van der Waals surface area (Å²) in [6, 6.07) is 0.648. The Morgan fingerprint density at radius 2 is 1.48 bits per heavy atom. The number of hydrogen-bond acceptors (Lipinski definition) is 5. The lowest BCUT2D eigenvalue weighted by atomic mass is 10.3. The van der Waals surface area contributed by atoms with Crippen LogP contribution in [0.1, 0.15) is 6.42 Å². The molecule has 0 aromatic heterocycles. The lowest BCUT2D eigenvalue weighted by Crippen LogP contribution is -2.43. The van der Waals surface area contributed by atoms with Crippen LogP contribution in [0.3, 0.4) is 0 Å². The molecule has 0 unspecified atom stereocenters. The predicted octanol–water partition coefficient (Wildman–Crippen LogP) is 1.99. The molecule has 0 fully saturated rings. The lowest BCUT2D eigenvalue weighted by molar-refractivity contribution is -0.870. The summed E-state index contributed by atoms with van der Waals surface area (Å²) in [7, 11) is 2.33. The molecule has 7 nitrogen and oxygen atoms in total. The van der Waals surface area contributed by atoms with Gasteiger partial charge in [0, 0.05) is 33.9 Å². The molecule has 0 aromatic rings. The molecule has 0 aliphatic heterocycles. The van der Waals surface area contributed by atoms with Gasteiger partial charge in [-0.1, -0.05) is 0 Å². The van der Waals surface area contributed by atoms with E-state index in [1.807, 2.05) is 21.1 Å². The van der Waals surface area contributed by atoms with Gasteiger partial charge < -0.3 is 45.1 Å². The molecule has 25 heavy (non-hydrogen) atoms. The van der Waals surface area contributed by atoms with Gasteiger partial charge >= 0.3 is 22.2 Å². The highest BCUT2D eigenvalue weighted by Crippen LogP contribution is 2.14. The van der Waals surface area contributed by atoms with Gasteiger partial charge in [0.05, 0.1) is 21.1 Å². The number of ether oxygens (including phenoxy) is 1. The molecule has 1 N–H and O–H groups in total. The molecule has 0 saturated heterocycles. The van der Waals surface area contributed by atoms with Crippen molar-refractivity contribution in [2.24, 2.45) is 0 Å². The summed E-state index contributed by atoms with van der Waals surface area (Å²) in [5.74, 6) is 0. The summed E-state index contributed by atoms with van der Waals surface area (Å²) >= 11 is 0. The van der Waals surface area contributed by atoms with E-state index < -0.39 is 22.2 Å². The molecule has 1 amide bonds. The third-order valence-corrected chi connectivity index (χ3v) is 5.69. The first-order valence-electron chi connectivity index (χ1n) is 7.52. The van der Waals surface area contributed by atoms with E-state index in [0.717, 1.165) is 11.0 Å². The second kappa shape index (κ2) is 12.5. The molecule has 0 radical (unpaired) electrons. The second-order valence-electron chi connectivity index (χ2n) is 5.97. The number of hydrogen-bond donors (Lipinski definition) is 1. The second-order valence-corrected chi connectivity index (χ2v) is 9.06. The first-order valence-corrected chi connectivity index (χ1v) is 9.45. The lowest BCUT2D eigenvalue weighted by Gasteiger charge is -2.24. The summed E-state index contributed by atoms with van der Waals surface area (Å²) in [4.78, 5) is 11.4. The van der Waals surface area contributed by atoms with Crippen LogP contribution in [-0.4, -0.2) is 88.8 Å². The number of amides is 1. The first kappa shape index (κ1) is 26.3. The number of nitrogens with zero attached hydrogens (tertiary/aromatic N) is 1. The van der Waals surface area contributed by atoms with E-state index in [0.29, 0.717) is 25.6 Å². The van der Waals surface area contributed by atoms with Gasteiger partial charge in [0.1, 0.15) is 13.2 Å². The molecular formula is C12H29BF4N2O5Si.